The third-order valence-corrected chi connectivity index (χ3v) is 3.89. The molecule has 0 fully saturated rings. The van der Waals surface area contributed by atoms with Gasteiger partial charge in [0.2, 0.25) is 5.91 Å². The van der Waals surface area contributed by atoms with Gasteiger partial charge in [-0.1, -0.05) is 18.2 Å². The Kier molecular flexibility index (Phi) is 5.28. The fraction of sp³-hybridized carbons (Fsp3) is 0.316. The van der Waals surface area contributed by atoms with Crippen LogP contribution in [0, 0.1) is 6.92 Å². The molecule has 1 aliphatic rings. The zero-order chi connectivity index (χ0) is 17.6. The third kappa shape index (κ3) is 4.35. The molecule has 1 atom stereocenters. The lowest BCUT2D eigenvalue weighted by Gasteiger charge is -2.26. The molecule has 0 bridgehead atoms. The van der Waals surface area contributed by atoms with Gasteiger partial charge in [-0.05, 0) is 36.8 Å². The molecular weight excluding hydrogens is 320 g/mol. The van der Waals surface area contributed by atoms with Gasteiger partial charge in [-0.15, -0.1) is 0 Å². The molecule has 0 aliphatic carbocycles. The van der Waals surface area contributed by atoms with Crippen LogP contribution in [0.15, 0.2) is 42.5 Å². The van der Waals surface area contributed by atoms with E-state index in [2.05, 4.69) is 10.6 Å². The first kappa shape index (κ1) is 17.0. The third-order valence-electron chi connectivity index (χ3n) is 3.89. The van der Waals surface area contributed by atoms with Crippen LogP contribution in [0.3, 0.4) is 0 Å². The molecule has 6 nitrogen and oxygen atoms in total. The Balaban J connectivity index is 1.47. The Morgan fingerprint density at radius 3 is 2.84 bits per heavy atom. The smallest absolute Gasteiger partial charge is 0.239 e. The Morgan fingerprint density at radius 1 is 1.24 bits per heavy atom. The van der Waals surface area contributed by atoms with Crippen LogP contribution >= 0.6 is 0 Å². The lowest BCUT2D eigenvalue weighted by Crippen LogP contribution is -2.42. The Bertz CT molecular complexity index is 748. The molecule has 1 amide bonds. The molecule has 3 rings (SSSR count). The van der Waals surface area contributed by atoms with Crippen LogP contribution in [0.4, 0.5) is 5.69 Å². The van der Waals surface area contributed by atoms with Crippen LogP contribution in [0.25, 0.3) is 0 Å². The summed E-state index contributed by atoms with van der Waals surface area (Å²) in [7, 11) is 1.61. The summed E-state index contributed by atoms with van der Waals surface area (Å²) in [5.74, 6) is 2.03. The molecule has 1 aliphatic heterocycles. The number of hydrogen-bond donors (Lipinski definition) is 2. The number of carbonyl (C=O) groups excluding carboxylic acids is 1. The average molecular weight is 342 g/mol. The molecule has 1 heterocycles. The number of carbonyl (C=O) groups is 1. The number of rotatable bonds is 6. The van der Waals surface area contributed by atoms with Crippen molar-refractivity contribution >= 4 is 11.6 Å². The molecule has 132 valence electrons. The second-order valence-electron chi connectivity index (χ2n) is 5.86. The van der Waals surface area contributed by atoms with Gasteiger partial charge in [0.25, 0.3) is 0 Å². The zero-order valence-electron chi connectivity index (χ0n) is 14.4. The summed E-state index contributed by atoms with van der Waals surface area (Å²) in [5, 5.41) is 5.96. The maximum Gasteiger partial charge on any atom is 0.239 e. The van der Waals surface area contributed by atoms with Gasteiger partial charge in [-0.25, -0.2) is 0 Å². The fourth-order valence-corrected chi connectivity index (χ4v) is 2.59. The van der Waals surface area contributed by atoms with Crippen LogP contribution < -0.4 is 24.8 Å². The summed E-state index contributed by atoms with van der Waals surface area (Å²) >= 11 is 0. The van der Waals surface area contributed by atoms with Gasteiger partial charge < -0.3 is 24.8 Å². The van der Waals surface area contributed by atoms with Crippen molar-refractivity contribution in [1.82, 2.24) is 5.32 Å². The minimum Gasteiger partial charge on any atom is -0.495 e. The average Bonchev–Trinajstić information content (AvgIpc) is 2.64. The normalized spacial score (nSPS) is 15.4. The van der Waals surface area contributed by atoms with Crippen LogP contribution in [-0.2, 0) is 4.79 Å². The molecule has 2 aromatic rings. The molecule has 25 heavy (non-hydrogen) atoms. The van der Waals surface area contributed by atoms with Crippen LogP contribution in [0.2, 0.25) is 0 Å². The molecular formula is C19H22N2O4. The first-order valence-corrected chi connectivity index (χ1v) is 8.19. The molecule has 0 unspecified atom stereocenters. The summed E-state index contributed by atoms with van der Waals surface area (Å²) in [6, 6.07) is 13.3. The molecule has 0 spiro atoms. The number of para-hydroxylation sites is 2. The van der Waals surface area contributed by atoms with Gasteiger partial charge in [-0.3, -0.25) is 4.79 Å². The highest BCUT2D eigenvalue weighted by Crippen LogP contribution is 2.30. The molecule has 2 aromatic carbocycles. The number of fused-ring (bicyclic) bond motifs is 1. The molecule has 0 saturated heterocycles. The lowest BCUT2D eigenvalue weighted by atomic mass is 10.2. The van der Waals surface area contributed by atoms with Gasteiger partial charge in [0.05, 0.1) is 25.9 Å². The largest absolute Gasteiger partial charge is 0.495 e. The Hall–Kier alpha value is -2.89. The van der Waals surface area contributed by atoms with Crippen molar-refractivity contribution in [3.63, 3.8) is 0 Å². The van der Waals surface area contributed by atoms with Crippen molar-refractivity contribution in [3.05, 3.63) is 48.0 Å². The maximum absolute atomic E-state index is 12.1. The van der Waals surface area contributed by atoms with E-state index in [4.69, 9.17) is 14.2 Å². The summed E-state index contributed by atoms with van der Waals surface area (Å²) in [6.45, 7) is 2.95. The molecule has 0 aromatic heterocycles. The van der Waals surface area contributed by atoms with E-state index in [0.29, 0.717) is 24.7 Å². The second kappa shape index (κ2) is 7.79. The second-order valence-corrected chi connectivity index (χ2v) is 5.86. The monoisotopic (exact) mass is 342 g/mol. The minimum atomic E-state index is -0.202. The van der Waals surface area contributed by atoms with Gasteiger partial charge in [-0.2, -0.15) is 0 Å². The highest BCUT2D eigenvalue weighted by Gasteiger charge is 2.20. The van der Waals surface area contributed by atoms with Crippen molar-refractivity contribution in [3.8, 4) is 17.2 Å². The number of anilines is 1. The maximum atomic E-state index is 12.1. The lowest BCUT2D eigenvalue weighted by molar-refractivity contribution is -0.119. The number of hydrogen-bond acceptors (Lipinski definition) is 5. The molecule has 2 N–H and O–H groups in total. The highest BCUT2D eigenvalue weighted by atomic mass is 16.6. The number of amides is 1. The fourth-order valence-electron chi connectivity index (χ4n) is 2.59. The minimum absolute atomic E-state index is 0.119. The summed E-state index contributed by atoms with van der Waals surface area (Å²) in [5.41, 5.74) is 1.89. The van der Waals surface area contributed by atoms with E-state index in [0.717, 1.165) is 17.0 Å². The van der Waals surface area contributed by atoms with Gasteiger partial charge in [0.15, 0.2) is 11.5 Å². The predicted octanol–water partition coefficient (Wildman–Crippen LogP) is 2.37. The van der Waals surface area contributed by atoms with E-state index >= 15 is 0 Å². The van der Waals surface area contributed by atoms with Crippen molar-refractivity contribution < 1.29 is 19.0 Å². The first-order valence-electron chi connectivity index (χ1n) is 8.19. The van der Waals surface area contributed by atoms with Gasteiger partial charge in [0.1, 0.15) is 18.5 Å². The highest BCUT2D eigenvalue weighted by molar-refractivity contribution is 5.81. The number of nitrogens with one attached hydrogen (secondary N) is 2. The van der Waals surface area contributed by atoms with Crippen LogP contribution in [-0.4, -0.2) is 38.8 Å². The van der Waals surface area contributed by atoms with E-state index in [1.807, 2.05) is 49.4 Å². The van der Waals surface area contributed by atoms with E-state index in [9.17, 15) is 4.79 Å². The number of methoxy groups -OCH3 is 1. The number of benzene rings is 2. The SMILES string of the molecule is COc1ccc(C)cc1NCC(=O)NC[C@@H]1COc2ccccc2O1. The number of ether oxygens (including phenoxy) is 3. The Morgan fingerprint density at radius 2 is 2.04 bits per heavy atom. The molecule has 0 saturated carbocycles. The summed E-state index contributed by atoms with van der Waals surface area (Å²) in [6.07, 6.45) is -0.202. The van der Waals surface area contributed by atoms with Crippen molar-refractivity contribution in [1.29, 1.82) is 0 Å². The van der Waals surface area contributed by atoms with Crippen molar-refractivity contribution in [2.24, 2.45) is 0 Å². The van der Waals surface area contributed by atoms with Crippen molar-refractivity contribution in [2.45, 2.75) is 13.0 Å². The predicted molar refractivity (Wildman–Crippen MR) is 95.6 cm³/mol. The zero-order valence-corrected chi connectivity index (χ0v) is 14.4. The van der Waals surface area contributed by atoms with Crippen LogP contribution in [0.1, 0.15) is 5.56 Å². The molecule has 0 radical (unpaired) electrons. The van der Waals surface area contributed by atoms with Gasteiger partial charge in [0, 0.05) is 0 Å². The summed E-state index contributed by atoms with van der Waals surface area (Å²) < 4.78 is 16.7. The van der Waals surface area contributed by atoms with E-state index < -0.39 is 0 Å². The summed E-state index contributed by atoms with van der Waals surface area (Å²) in [4.78, 5) is 12.1. The van der Waals surface area contributed by atoms with Crippen molar-refractivity contribution in [2.75, 3.05) is 32.1 Å². The Labute approximate surface area is 147 Å². The topological polar surface area (TPSA) is 68.8 Å². The molecule has 6 heteroatoms. The standard InChI is InChI=1S/C19H22N2O4/c1-13-7-8-16(23-2)15(9-13)20-11-19(22)21-10-14-12-24-17-5-3-4-6-18(17)25-14/h3-9,14,20H,10-12H2,1-2H3,(H,21,22)/t14-/m1/s1. The van der Waals surface area contributed by atoms with Crippen LogP contribution in [0.5, 0.6) is 17.2 Å². The van der Waals surface area contributed by atoms with E-state index in [1.54, 1.807) is 7.11 Å². The quantitative estimate of drug-likeness (QED) is 0.843. The first-order chi connectivity index (χ1) is 12.2. The van der Waals surface area contributed by atoms with Gasteiger partial charge >= 0.3 is 0 Å². The number of aryl methyl sites for hydroxylation is 1. The van der Waals surface area contributed by atoms with E-state index in [-0.39, 0.29) is 18.6 Å². The van der Waals surface area contributed by atoms with E-state index in [1.165, 1.54) is 0 Å².